The standard InChI is InChI=1S/C7H9N3/c8-3-5-10-4-1-2-7(10)6-9/h1-2,4H,5-6,9H2. The topological polar surface area (TPSA) is 54.7 Å². The molecular weight excluding hydrogens is 126 g/mol. The smallest absolute Gasteiger partial charge is 0.109 e. The number of rotatable bonds is 2. The van der Waals surface area contributed by atoms with Crippen LogP contribution in [-0.2, 0) is 13.1 Å². The summed E-state index contributed by atoms with van der Waals surface area (Å²) in [7, 11) is 0. The van der Waals surface area contributed by atoms with Crippen LogP contribution in [0.15, 0.2) is 18.3 Å². The van der Waals surface area contributed by atoms with Crippen LogP contribution in [0.1, 0.15) is 5.69 Å². The van der Waals surface area contributed by atoms with Crippen molar-refractivity contribution in [2.45, 2.75) is 13.1 Å². The van der Waals surface area contributed by atoms with Crippen LogP contribution in [0.4, 0.5) is 0 Å². The monoisotopic (exact) mass is 135 g/mol. The second-order valence-corrected chi connectivity index (χ2v) is 1.99. The molecule has 3 heteroatoms. The fourth-order valence-corrected chi connectivity index (χ4v) is 0.865. The van der Waals surface area contributed by atoms with Crippen LogP contribution in [-0.4, -0.2) is 4.57 Å². The average Bonchev–Trinajstić information content (AvgIpc) is 2.36. The van der Waals surface area contributed by atoms with Crippen molar-refractivity contribution in [1.29, 1.82) is 5.26 Å². The van der Waals surface area contributed by atoms with Crippen molar-refractivity contribution >= 4 is 0 Å². The van der Waals surface area contributed by atoms with Gasteiger partial charge in [-0.05, 0) is 12.1 Å². The number of nitrogens with two attached hydrogens (primary N) is 1. The first-order chi connectivity index (χ1) is 4.88. The SMILES string of the molecule is N#CCn1cccc1CN. The minimum Gasteiger partial charge on any atom is -0.337 e. The summed E-state index contributed by atoms with van der Waals surface area (Å²) in [6.45, 7) is 0.883. The molecular formula is C7H9N3. The molecule has 0 saturated heterocycles. The van der Waals surface area contributed by atoms with Crippen molar-refractivity contribution in [3.05, 3.63) is 24.0 Å². The molecule has 0 aliphatic carbocycles. The Morgan fingerprint density at radius 3 is 3.10 bits per heavy atom. The zero-order valence-electron chi connectivity index (χ0n) is 5.62. The van der Waals surface area contributed by atoms with E-state index in [1.165, 1.54) is 0 Å². The maximum absolute atomic E-state index is 8.35. The Morgan fingerprint density at radius 1 is 1.70 bits per heavy atom. The van der Waals surface area contributed by atoms with E-state index in [0.717, 1.165) is 5.69 Å². The maximum Gasteiger partial charge on any atom is 0.109 e. The Balaban J connectivity index is 2.82. The molecule has 1 aromatic rings. The first-order valence-electron chi connectivity index (χ1n) is 3.09. The van der Waals surface area contributed by atoms with E-state index in [-0.39, 0.29) is 0 Å². The zero-order chi connectivity index (χ0) is 7.40. The molecule has 1 rings (SSSR count). The van der Waals surface area contributed by atoms with E-state index in [4.69, 9.17) is 11.0 Å². The molecule has 0 saturated carbocycles. The van der Waals surface area contributed by atoms with Crippen molar-refractivity contribution in [3.8, 4) is 6.07 Å². The third kappa shape index (κ3) is 1.17. The Hall–Kier alpha value is -1.27. The van der Waals surface area contributed by atoms with Gasteiger partial charge in [-0.2, -0.15) is 5.26 Å². The van der Waals surface area contributed by atoms with E-state index in [2.05, 4.69) is 6.07 Å². The quantitative estimate of drug-likeness (QED) is 0.640. The number of aromatic nitrogens is 1. The predicted octanol–water partition coefficient (Wildman–Crippen LogP) is 0.470. The van der Waals surface area contributed by atoms with Gasteiger partial charge < -0.3 is 10.3 Å². The molecule has 0 aromatic carbocycles. The van der Waals surface area contributed by atoms with Gasteiger partial charge in [0.05, 0.1) is 6.07 Å². The minimum atomic E-state index is 0.388. The van der Waals surface area contributed by atoms with Crippen molar-refractivity contribution in [1.82, 2.24) is 4.57 Å². The Bertz CT molecular complexity index is 244. The molecule has 0 atom stereocenters. The molecule has 0 fully saturated rings. The van der Waals surface area contributed by atoms with E-state index in [0.29, 0.717) is 13.1 Å². The van der Waals surface area contributed by atoms with Crippen LogP contribution >= 0.6 is 0 Å². The summed E-state index contributed by atoms with van der Waals surface area (Å²) in [6, 6.07) is 5.85. The van der Waals surface area contributed by atoms with E-state index < -0.39 is 0 Å². The minimum absolute atomic E-state index is 0.388. The highest BCUT2D eigenvalue weighted by atomic mass is 15.0. The van der Waals surface area contributed by atoms with Crippen LogP contribution in [0.25, 0.3) is 0 Å². The van der Waals surface area contributed by atoms with Crippen LogP contribution in [0.3, 0.4) is 0 Å². The normalized spacial score (nSPS) is 9.20. The lowest BCUT2D eigenvalue weighted by atomic mass is 10.4. The number of nitriles is 1. The van der Waals surface area contributed by atoms with Gasteiger partial charge in [0.25, 0.3) is 0 Å². The molecule has 2 N–H and O–H groups in total. The van der Waals surface area contributed by atoms with Gasteiger partial charge in [0.1, 0.15) is 6.54 Å². The van der Waals surface area contributed by atoms with Gasteiger partial charge in [-0.25, -0.2) is 0 Å². The van der Waals surface area contributed by atoms with Crippen molar-refractivity contribution in [2.75, 3.05) is 0 Å². The van der Waals surface area contributed by atoms with Gasteiger partial charge >= 0.3 is 0 Å². The summed E-state index contributed by atoms with van der Waals surface area (Å²) in [5.74, 6) is 0. The summed E-state index contributed by atoms with van der Waals surface area (Å²) in [5, 5.41) is 8.35. The lowest BCUT2D eigenvalue weighted by molar-refractivity contribution is 0.768. The molecule has 1 heterocycles. The van der Waals surface area contributed by atoms with Gasteiger partial charge in [0.2, 0.25) is 0 Å². The predicted molar refractivity (Wildman–Crippen MR) is 37.9 cm³/mol. The van der Waals surface area contributed by atoms with Crippen molar-refractivity contribution in [3.63, 3.8) is 0 Å². The van der Waals surface area contributed by atoms with E-state index >= 15 is 0 Å². The highest BCUT2D eigenvalue weighted by molar-refractivity contribution is 5.07. The third-order valence-electron chi connectivity index (χ3n) is 1.37. The second kappa shape index (κ2) is 3.04. The Morgan fingerprint density at radius 2 is 2.50 bits per heavy atom. The molecule has 0 aliphatic heterocycles. The molecule has 0 amide bonds. The summed E-state index contributed by atoms with van der Waals surface area (Å²) in [4.78, 5) is 0. The molecule has 0 spiro atoms. The van der Waals surface area contributed by atoms with Crippen LogP contribution < -0.4 is 5.73 Å². The Labute approximate surface area is 59.7 Å². The van der Waals surface area contributed by atoms with Crippen LogP contribution in [0, 0.1) is 11.3 Å². The van der Waals surface area contributed by atoms with Gasteiger partial charge in [-0.3, -0.25) is 0 Å². The summed E-state index contributed by atoms with van der Waals surface area (Å²) >= 11 is 0. The van der Waals surface area contributed by atoms with Crippen LogP contribution in [0.2, 0.25) is 0 Å². The zero-order valence-corrected chi connectivity index (χ0v) is 5.62. The van der Waals surface area contributed by atoms with Crippen molar-refractivity contribution < 1.29 is 0 Å². The number of hydrogen-bond acceptors (Lipinski definition) is 2. The lowest BCUT2D eigenvalue weighted by Crippen LogP contribution is -2.05. The van der Waals surface area contributed by atoms with Gasteiger partial charge in [-0.1, -0.05) is 0 Å². The molecule has 52 valence electrons. The maximum atomic E-state index is 8.35. The fourth-order valence-electron chi connectivity index (χ4n) is 0.865. The highest BCUT2D eigenvalue weighted by Gasteiger charge is 1.94. The summed E-state index contributed by atoms with van der Waals surface area (Å²) in [5.41, 5.74) is 6.40. The second-order valence-electron chi connectivity index (χ2n) is 1.99. The fraction of sp³-hybridized carbons (Fsp3) is 0.286. The molecule has 10 heavy (non-hydrogen) atoms. The summed E-state index contributed by atoms with van der Waals surface area (Å²) in [6.07, 6.45) is 1.85. The highest BCUT2D eigenvalue weighted by Crippen LogP contribution is 1.99. The number of nitrogens with zero attached hydrogens (tertiary/aromatic N) is 2. The summed E-state index contributed by atoms with van der Waals surface area (Å²) < 4.78 is 1.83. The average molecular weight is 135 g/mol. The molecule has 3 nitrogen and oxygen atoms in total. The lowest BCUT2D eigenvalue weighted by Gasteiger charge is -1.99. The van der Waals surface area contributed by atoms with E-state index in [1.54, 1.807) is 0 Å². The molecule has 1 aromatic heterocycles. The third-order valence-corrected chi connectivity index (χ3v) is 1.37. The Kier molecular flexibility index (Phi) is 2.08. The van der Waals surface area contributed by atoms with Gasteiger partial charge in [-0.15, -0.1) is 0 Å². The molecule has 0 bridgehead atoms. The first kappa shape index (κ1) is 6.84. The molecule has 0 radical (unpaired) electrons. The van der Waals surface area contributed by atoms with E-state index in [1.807, 2.05) is 22.9 Å². The largest absolute Gasteiger partial charge is 0.337 e. The number of hydrogen-bond donors (Lipinski definition) is 1. The molecule has 0 aliphatic rings. The van der Waals surface area contributed by atoms with Gasteiger partial charge in [0, 0.05) is 18.4 Å². The van der Waals surface area contributed by atoms with Gasteiger partial charge in [0.15, 0.2) is 0 Å². The molecule has 0 unspecified atom stereocenters. The first-order valence-corrected chi connectivity index (χ1v) is 3.09. The van der Waals surface area contributed by atoms with E-state index in [9.17, 15) is 0 Å². The van der Waals surface area contributed by atoms with Crippen molar-refractivity contribution in [2.24, 2.45) is 5.73 Å². The van der Waals surface area contributed by atoms with Crippen LogP contribution in [0.5, 0.6) is 0 Å².